The summed E-state index contributed by atoms with van der Waals surface area (Å²) in [6.45, 7) is 1.61. The van der Waals surface area contributed by atoms with Crippen molar-refractivity contribution in [3.63, 3.8) is 0 Å². The zero-order valence-corrected chi connectivity index (χ0v) is 16.3. The molecule has 28 heavy (non-hydrogen) atoms. The minimum absolute atomic E-state index is 0.00106. The maximum atomic E-state index is 12.8. The van der Waals surface area contributed by atoms with Gasteiger partial charge in [0.25, 0.3) is 5.91 Å². The third-order valence-electron chi connectivity index (χ3n) is 4.34. The normalized spacial score (nSPS) is 19.1. The summed E-state index contributed by atoms with van der Waals surface area (Å²) in [7, 11) is 0. The SMILES string of the molecule is C[C@]1(c2ccccc2)NC(=O)N(NC(=O)CSc2ncnc3sccc23)C1=O. The van der Waals surface area contributed by atoms with Crippen molar-refractivity contribution in [2.24, 2.45) is 0 Å². The minimum atomic E-state index is -1.23. The number of amides is 4. The van der Waals surface area contributed by atoms with E-state index in [0.717, 1.165) is 15.2 Å². The second kappa shape index (κ2) is 7.21. The van der Waals surface area contributed by atoms with Gasteiger partial charge in [-0.25, -0.2) is 14.8 Å². The van der Waals surface area contributed by atoms with Crippen LogP contribution in [0, 0.1) is 0 Å². The van der Waals surface area contributed by atoms with Crippen LogP contribution in [0.4, 0.5) is 4.79 Å². The van der Waals surface area contributed by atoms with Crippen molar-refractivity contribution in [3.8, 4) is 0 Å². The third-order valence-corrected chi connectivity index (χ3v) is 6.17. The number of imide groups is 1. The number of hydrazine groups is 1. The van der Waals surface area contributed by atoms with E-state index in [1.54, 1.807) is 31.2 Å². The summed E-state index contributed by atoms with van der Waals surface area (Å²) in [6.07, 6.45) is 1.45. The van der Waals surface area contributed by atoms with E-state index in [0.29, 0.717) is 10.6 Å². The number of nitrogens with one attached hydrogen (secondary N) is 2. The zero-order chi connectivity index (χ0) is 19.7. The molecule has 0 aliphatic carbocycles. The largest absolute Gasteiger partial charge is 0.344 e. The van der Waals surface area contributed by atoms with E-state index in [2.05, 4.69) is 20.7 Å². The number of aromatic nitrogens is 2. The van der Waals surface area contributed by atoms with Crippen LogP contribution in [0.25, 0.3) is 10.2 Å². The molecule has 0 radical (unpaired) electrons. The molecular weight excluding hydrogens is 398 g/mol. The molecule has 1 aliphatic heterocycles. The fourth-order valence-corrected chi connectivity index (χ4v) is 4.45. The van der Waals surface area contributed by atoms with E-state index < -0.39 is 23.4 Å². The van der Waals surface area contributed by atoms with Crippen LogP contribution in [0.2, 0.25) is 0 Å². The molecule has 0 saturated carbocycles. The van der Waals surface area contributed by atoms with Crippen LogP contribution in [0.15, 0.2) is 53.1 Å². The van der Waals surface area contributed by atoms with Crippen LogP contribution in [-0.4, -0.2) is 38.6 Å². The number of rotatable bonds is 5. The second-order valence-corrected chi connectivity index (χ2v) is 8.06. The molecular formula is C18H15N5O3S2. The fourth-order valence-electron chi connectivity index (χ4n) is 2.88. The molecule has 0 unspecified atom stereocenters. The molecule has 2 N–H and O–H groups in total. The average molecular weight is 413 g/mol. The van der Waals surface area contributed by atoms with Crippen LogP contribution < -0.4 is 10.7 Å². The van der Waals surface area contributed by atoms with E-state index in [4.69, 9.17) is 0 Å². The summed E-state index contributed by atoms with van der Waals surface area (Å²) < 4.78 is 0. The predicted octanol–water partition coefficient (Wildman–Crippen LogP) is 2.28. The van der Waals surface area contributed by atoms with Crippen molar-refractivity contribution in [2.75, 3.05) is 5.75 Å². The molecule has 4 rings (SSSR count). The van der Waals surface area contributed by atoms with Gasteiger partial charge in [0, 0.05) is 5.39 Å². The predicted molar refractivity (Wildman–Crippen MR) is 105 cm³/mol. The van der Waals surface area contributed by atoms with Crippen molar-refractivity contribution in [1.82, 2.24) is 25.7 Å². The van der Waals surface area contributed by atoms with Crippen molar-refractivity contribution in [1.29, 1.82) is 0 Å². The molecule has 1 saturated heterocycles. The Hall–Kier alpha value is -2.98. The first kappa shape index (κ1) is 18.4. The van der Waals surface area contributed by atoms with Gasteiger partial charge in [0.2, 0.25) is 5.91 Å². The van der Waals surface area contributed by atoms with Gasteiger partial charge in [-0.2, -0.15) is 5.01 Å². The Balaban J connectivity index is 1.44. The highest BCUT2D eigenvalue weighted by Crippen LogP contribution is 2.29. The van der Waals surface area contributed by atoms with Crippen molar-refractivity contribution in [3.05, 3.63) is 53.7 Å². The number of benzene rings is 1. The van der Waals surface area contributed by atoms with Crippen LogP contribution >= 0.6 is 23.1 Å². The lowest BCUT2D eigenvalue weighted by atomic mass is 9.92. The number of urea groups is 1. The maximum absolute atomic E-state index is 12.8. The van der Waals surface area contributed by atoms with E-state index in [1.807, 2.05) is 17.5 Å². The molecule has 0 bridgehead atoms. The van der Waals surface area contributed by atoms with Crippen molar-refractivity contribution in [2.45, 2.75) is 17.5 Å². The fraction of sp³-hybridized carbons (Fsp3) is 0.167. The average Bonchev–Trinajstić information content (AvgIpc) is 3.27. The standard InChI is InChI=1S/C18H15N5O3S2/c1-18(11-5-3-2-4-6-11)16(25)23(17(26)21-18)22-13(24)9-28-15-12-7-8-27-14(12)19-10-20-15/h2-8,10H,9H2,1H3,(H,21,26)(H,22,24)/t18-/m1/s1. The topological polar surface area (TPSA) is 104 Å². The third kappa shape index (κ3) is 3.20. The Kier molecular flexibility index (Phi) is 4.73. The zero-order valence-electron chi connectivity index (χ0n) is 14.7. The Bertz CT molecular complexity index is 1070. The number of hydrogen-bond donors (Lipinski definition) is 2. The Morgan fingerprint density at radius 1 is 1.25 bits per heavy atom. The molecule has 142 valence electrons. The molecule has 1 aliphatic rings. The van der Waals surface area contributed by atoms with Gasteiger partial charge in [0.15, 0.2) is 0 Å². The molecule has 0 spiro atoms. The highest BCUT2D eigenvalue weighted by molar-refractivity contribution is 8.00. The lowest BCUT2D eigenvalue weighted by molar-refractivity contribution is -0.138. The molecule has 4 amide bonds. The minimum Gasteiger partial charge on any atom is -0.318 e. The summed E-state index contributed by atoms with van der Waals surface area (Å²) in [6, 6.07) is 10.1. The molecule has 3 heterocycles. The van der Waals surface area contributed by atoms with Gasteiger partial charge < -0.3 is 5.32 Å². The van der Waals surface area contributed by atoms with E-state index >= 15 is 0 Å². The summed E-state index contributed by atoms with van der Waals surface area (Å²) in [5, 5.41) is 6.83. The summed E-state index contributed by atoms with van der Waals surface area (Å²) in [5.41, 5.74) is 1.80. The van der Waals surface area contributed by atoms with Crippen molar-refractivity contribution < 1.29 is 14.4 Å². The quantitative estimate of drug-likeness (QED) is 0.378. The van der Waals surface area contributed by atoms with Crippen LogP contribution in [-0.2, 0) is 15.1 Å². The lowest BCUT2D eigenvalue weighted by Gasteiger charge is -2.22. The summed E-state index contributed by atoms with van der Waals surface area (Å²) in [5.74, 6) is -1.02. The van der Waals surface area contributed by atoms with Crippen LogP contribution in [0.5, 0.6) is 0 Å². The molecule has 2 aromatic heterocycles. The van der Waals surface area contributed by atoms with Gasteiger partial charge in [-0.1, -0.05) is 42.1 Å². The number of nitrogens with zero attached hydrogens (tertiary/aromatic N) is 3. The number of carbonyl (C=O) groups is 3. The first-order valence-electron chi connectivity index (χ1n) is 8.32. The molecule has 1 aromatic carbocycles. The number of hydrogen-bond acceptors (Lipinski definition) is 7. The molecule has 8 nitrogen and oxygen atoms in total. The molecule has 1 atom stereocenters. The Morgan fingerprint density at radius 2 is 2.04 bits per heavy atom. The molecule has 3 aromatic rings. The van der Waals surface area contributed by atoms with Crippen LogP contribution in [0.3, 0.4) is 0 Å². The second-order valence-electron chi connectivity index (χ2n) is 6.20. The number of thiophene rings is 1. The summed E-state index contributed by atoms with van der Waals surface area (Å²) >= 11 is 2.71. The monoisotopic (exact) mass is 413 g/mol. The highest BCUT2D eigenvalue weighted by Gasteiger charge is 2.49. The molecule has 10 heteroatoms. The smallest absolute Gasteiger partial charge is 0.318 e. The number of carbonyl (C=O) groups excluding carboxylic acids is 3. The Morgan fingerprint density at radius 3 is 2.82 bits per heavy atom. The van der Waals surface area contributed by atoms with E-state index in [-0.39, 0.29) is 5.75 Å². The van der Waals surface area contributed by atoms with Gasteiger partial charge in [-0.15, -0.1) is 11.3 Å². The Labute approximate surface area is 168 Å². The molecule has 1 fully saturated rings. The van der Waals surface area contributed by atoms with Gasteiger partial charge in [-0.05, 0) is 23.9 Å². The number of thioether (sulfide) groups is 1. The van der Waals surface area contributed by atoms with Gasteiger partial charge in [0.1, 0.15) is 21.7 Å². The van der Waals surface area contributed by atoms with E-state index in [9.17, 15) is 14.4 Å². The maximum Gasteiger partial charge on any atom is 0.344 e. The van der Waals surface area contributed by atoms with Crippen LogP contribution in [0.1, 0.15) is 12.5 Å². The number of fused-ring (bicyclic) bond motifs is 1. The van der Waals surface area contributed by atoms with E-state index in [1.165, 1.54) is 29.4 Å². The van der Waals surface area contributed by atoms with Gasteiger partial charge in [0.05, 0.1) is 5.75 Å². The highest BCUT2D eigenvalue weighted by atomic mass is 32.2. The first-order chi connectivity index (χ1) is 13.5. The van der Waals surface area contributed by atoms with Gasteiger partial charge >= 0.3 is 6.03 Å². The van der Waals surface area contributed by atoms with Gasteiger partial charge in [-0.3, -0.25) is 15.0 Å². The lowest BCUT2D eigenvalue weighted by Crippen LogP contribution is -2.48. The van der Waals surface area contributed by atoms with Crippen molar-refractivity contribution >= 4 is 51.2 Å². The first-order valence-corrected chi connectivity index (χ1v) is 10.2. The summed E-state index contributed by atoms with van der Waals surface area (Å²) in [4.78, 5) is 46.6.